The Morgan fingerprint density at radius 1 is 0.829 bits per heavy atom. The molecule has 2 aliphatic heterocycles. The number of thiocarbonyl (C=S) groups is 1. The average Bonchev–Trinajstić information content (AvgIpc) is 2.90. The lowest BCUT2D eigenvalue weighted by atomic mass is 9.96. The first-order valence-corrected chi connectivity index (χ1v) is 13.8. The first kappa shape index (κ1) is 24.1. The molecule has 3 fully saturated rings. The summed E-state index contributed by atoms with van der Waals surface area (Å²) in [5, 5.41) is 7.48. The molecule has 35 heavy (non-hydrogen) atoms. The number of para-hydroxylation sites is 1. The van der Waals surface area contributed by atoms with Crippen LogP contribution in [-0.4, -0.2) is 59.9 Å². The van der Waals surface area contributed by atoms with E-state index in [2.05, 4.69) is 68.7 Å². The van der Waals surface area contributed by atoms with Gasteiger partial charge in [0, 0.05) is 56.6 Å². The van der Waals surface area contributed by atoms with Crippen molar-refractivity contribution in [2.75, 3.05) is 52.7 Å². The number of benzene rings is 1. The average molecular weight is 494 g/mol. The van der Waals surface area contributed by atoms with E-state index in [0.717, 1.165) is 44.4 Å². The fraction of sp³-hybridized carbons (Fsp3) is 0.593. The molecule has 188 valence electrons. The molecule has 2 aromatic rings. The van der Waals surface area contributed by atoms with E-state index in [0.29, 0.717) is 23.1 Å². The summed E-state index contributed by atoms with van der Waals surface area (Å²) in [4.78, 5) is 17.2. The van der Waals surface area contributed by atoms with Crippen LogP contribution in [0.25, 0.3) is 0 Å². The van der Waals surface area contributed by atoms with Crippen LogP contribution in [0, 0.1) is 0 Å². The monoisotopic (exact) mass is 493 g/mol. The molecule has 0 amide bonds. The van der Waals surface area contributed by atoms with Gasteiger partial charge in [-0.15, -0.1) is 0 Å². The molecule has 1 aromatic heterocycles. The highest BCUT2D eigenvalue weighted by molar-refractivity contribution is 7.80. The largest absolute Gasteiger partial charge is 0.368 e. The third-order valence-corrected chi connectivity index (χ3v) is 7.91. The van der Waals surface area contributed by atoms with Crippen LogP contribution in [0.4, 0.5) is 23.3 Å². The number of piperidine rings is 1. The van der Waals surface area contributed by atoms with Gasteiger partial charge in [-0.25, -0.2) is 0 Å². The highest BCUT2D eigenvalue weighted by atomic mass is 32.1. The number of rotatable bonds is 5. The van der Waals surface area contributed by atoms with Gasteiger partial charge in [-0.1, -0.05) is 37.5 Å². The van der Waals surface area contributed by atoms with E-state index < -0.39 is 0 Å². The molecule has 2 N–H and O–H groups in total. The van der Waals surface area contributed by atoms with Gasteiger partial charge < -0.3 is 25.3 Å². The summed E-state index contributed by atoms with van der Waals surface area (Å²) in [6.45, 7) is 7.18. The molecule has 0 spiro atoms. The second-order valence-corrected chi connectivity index (χ2v) is 10.6. The molecule has 1 saturated carbocycles. The molecule has 1 atom stereocenters. The molecule has 0 bridgehead atoms. The Morgan fingerprint density at radius 3 is 2.26 bits per heavy atom. The van der Waals surface area contributed by atoms with Gasteiger partial charge in [0.05, 0.1) is 0 Å². The van der Waals surface area contributed by atoms with E-state index in [9.17, 15) is 0 Å². The van der Waals surface area contributed by atoms with Crippen LogP contribution in [0.2, 0.25) is 0 Å². The Kier molecular flexibility index (Phi) is 7.86. The molecule has 3 heterocycles. The third-order valence-electron chi connectivity index (χ3n) is 7.69. The lowest BCUT2D eigenvalue weighted by molar-refractivity contribution is 0.414. The van der Waals surface area contributed by atoms with Crippen molar-refractivity contribution in [3.8, 4) is 0 Å². The Morgan fingerprint density at radius 2 is 1.51 bits per heavy atom. The zero-order valence-corrected chi connectivity index (χ0v) is 21.8. The topological polar surface area (TPSA) is 59.6 Å². The minimum atomic E-state index is 0.458. The van der Waals surface area contributed by atoms with Crippen LogP contribution in [0.5, 0.6) is 0 Å². The zero-order valence-electron chi connectivity index (χ0n) is 21.0. The normalized spacial score (nSPS) is 21.6. The van der Waals surface area contributed by atoms with Crippen molar-refractivity contribution in [1.29, 1.82) is 0 Å². The summed E-state index contributed by atoms with van der Waals surface area (Å²) in [7, 11) is 0. The van der Waals surface area contributed by atoms with Crippen molar-refractivity contribution in [3.05, 3.63) is 36.4 Å². The van der Waals surface area contributed by atoms with E-state index in [4.69, 9.17) is 22.2 Å². The smallest absolute Gasteiger partial charge is 0.232 e. The third kappa shape index (κ3) is 6.15. The maximum atomic E-state index is 5.67. The van der Waals surface area contributed by atoms with Crippen molar-refractivity contribution >= 4 is 40.6 Å². The highest BCUT2D eigenvalue weighted by Crippen LogP contribution is 2.28. The number of nitrogens with one attached hydrogen (secondary N) is 2. The summed E-state index contributed by atoms with van der Waals surface area (Å²) >= 11 is 5.67. The zero-order chi connectivity index (χ0) is 24.0. The van der Waals surface area contributed by atoms with Crippen LogP contribution in [0.3, 0.4) is 0 Å². The number of piperazine rings is 1. The molecule has 1 unspecified atom stereocenters. The van der Waals surface area contributed by atoms with Gasteiger partial charge in [0.1, 0.15) is 11.6 Å². The minimum absolute atomic E-state index is 0.458. The first-order chi connectivity index (χ1) is 17.2. The second-order valence-electron chi connectivity index (χ2n) is 10.2. The van der Waals surface area contributed by atoms with E-state index in [1.807, 2.05) is 0 Å². The fourth-order valence-corrected chi connectivity index (χ4v) is 5.89. The summed E-state index contributed by atoms with van der Waals surface area (Å²) < 4.78 is 0. The molecular weight excluding hydrogens is 454 g/mol. The lowest BCUT2D eigenvalue weighted by Gasteiger charge is -2.38. The Balaban J connectivity index is 1.32. The molecule has 0 radical (unpaired) electrons. The van der Waals surface area contributed by atoms with Crippen LogP contribution in [0.15, 0.2) is 36.4 Å². The maximum absolute atomic E-state index is 5.67. The van der Waals surface area contributed by atoms with Crippen molar-refractivity contribution in [1.82, 2.24) is 15.3 Å². The summed E-state index contributed by atoms with van der Waals surface area (Å²) in [5.74, 6) is 2.60. The number of hydrogen-bond acceptors (Lipinski definition) is 6. The van der Waals surface area contributed by atoms with Gasteiger partial charge in [-0.2, -0.15) is 9.97 Å². The van der Waals surface area contributed by atoms with E-state index in [-0.39, 0.29) is 0 Å². The molecule has 7 nitrogen and oxygen atoms in total. The van der Waals surface area contributed by atoms with Crippen LogP contribution in [-0.2, 0) is 0 Å². The standard InChI is InChI=1S/C27H39N7S/c1-21-10-8-9-15-34(21)25-20-24(33-18-16-32(17-19-33)23-13-6-3-7-14-23)29-26(30-25)31-27(35)28-22-11-4-2-5-12-22/h3,6-7,13-14,20-22H,2,4-5,8-12,15-19H2,1H3,(H2,28,29,30,31,35). The predicted molar refractivity (Wildman–Crippen MR) is 150 cm³/mol. The molecule has 5 rings (SSSR count). The molecule has 1 aromatic carbocycles. The predicted octanol–water partition coefficient (Wildman–Crippen LogP) is 4.80. The van der Waals surface area contributed by atoms with E-state index in [1.54, 1.807) is 0 Å². The SMILES string of the molecule is CC1CCCCN1c1cc(N2CCN(c3ccccc3)CC2)nc(NC(=S)NC2CCCCC2)n1. The van der Waals surface area contributed by atoms with Gasteiger partial charge in [0.2, 0.25) is 5.95 Å². The van der Waals surface area contributed by atoms with Crippen LogP contribution < -0.4 is 25.3 Å². The Labute approximate surface area is 215 Å². The number of hydrogen-bond donors (Lipinski definition) is 2. The van der Waals surface area contributed by atoms with Crippen LogP contribution >= 0.6 is 12.2 Å². The molecular formula is C27H39N7S. The number of anilines is 4. The van der Waals surface area contributed by atoms with Crippen molar-refractivity contribution < 1.29 is 0 Å². The van der Waals surface area contributed by atoms with Crippen molar-refractivity contribution in [3.63, 3.8) is 0 Å². The fourth-order valence-electron chi connectivity index (χ4n) is 5.63. The molecule has 8 heteroatoms. The Bertz CT molecular complexity index is 971. The second kappa shape index (κ2) is 11.4. The minimum Gasteiger partial charge on any atom is -0.368 e. The summed E-state index contributed by atoms with van der Waals surface area (Å²) in [6.07, 6.45) is 9.96. The van der Waals surface area contributed by atoms with Crippen molar-refractivity contribution in [2.24, 2.45) is 0 Å². The van der Waals surface area contributed by atoms with Gasteiger partial charge in [0.25, 0.3) is 0 Å². The molecule has 1 aliphatic carbocycles. The van der Waals surface area contributed by atoms with Gasteiger partial charge >= 0.3 is 0 Å². The van der Waals surface area contributed by atoms with Crippen LogP contribution in [0.1, 0.15) is 58.3 Å². The number of nitrogens with zero attached hydrogens (tertiary/aromatic N) is 5. The van der Waals surface area contributed by atoms with Gasteiger partial charge in [-0.3, -0.25) is 0 Å². The van der Waals surface area contributed by atoms with Gasteiger partial charge in [0.15, 0.2) is 5.11 Å². The first-order valence-electron chi connectivity index (χ1n) is 13.4. The molecule has 2 saturated heterocycles. The highest BCUT2D eigenvalue weighted by Gasteiger charge is 2.24. The summed E-state index contributed by atoms with van der Waals surface area (Å²) in [6, 6.07) is 13.8. The quantitative estimate of drug-likeness (QED) is 0.576. The van der Waals surface area contributed by atoms with Crippen molar-refractivity contribution in [2.45, 2.75) is 70.4 Å². The van der Waals surface area contributed by atoms with E-state index >= 15 is 0 Å². The lowest BCUT2D eigenvalue weighted by Crippen LogP contribution is -2.47. The molecule has 3 aliphatic rings. The number of aromatic nitrogens is 2. The maximum Gasteiger partial charge on any atom is 0.232 e. The van der Waals surface area contributed by atoms with Gasteiger partial charge in [-0.05, 0) is 63.4 Å². The van der Waals surface area contributed by atoms with E-state index in [1.165, 1.54) is 57.1 Å². The Hall–Kier alpha value is -2.61. The summed E-state index contributed by atoms with van der Waals surface area (Å²) in [5.41, 5.74) is 1.29.